The van der Waals surface area contributed by atoms with Gasteiger partial charge in [-0.3, -0.25) is 0 Å². The molecule has 0 heterocycles. The second-order valence-corrected chi connectivity index (χ2v) is 9.74. The van der Waals surface area contributed by atoms with Gasteiger partial charge < -0.3 is 0 Å². The number of benzene rings is 5. The van der Waals surface area contributed by atoms with Crippen LogP contribution in [0, 0.1) is 0 Å². The molecule has 0 aromatic heterocycles. The first-order valence-corrected chi connectivity index (χ1v) is 12.7. The number of aryl methyl sites for hydroxylation is 1. The monoisotopic (exact) mass is 442 g/mol. The predicted octanol–water partition coefficient (Wildman–Crippen LogP) is 9.97. The molecule has 0 spiro atoms. The van der Waals surface area contributed by atoms with Crippen molar-refractivity contribution in [1.82, 2.24) is 0 Å². The number of hydrogen-bond donors (Lipinski definition) is 0. The Hall–Kier alpha value is -3.38. The fourth-order valence-electron chi connectivity index (χ4n) is 5.41. The third-order valence-electron chi connectivity index (χ3n) is 7.96. The third kappa shape index (κ3) is 3.72. The Kier molecular flexibility index (Phi) is 6.00. The molecule has 0 aliphatic carbocycles. The van der Waals surface area contributed by atoms with Gasteiger partial charge in [0.05, 0.1) is 0 Å². The highest BCUT2D eigenvalue weighted by Gasteiger charge is 2.23. The van der Waals surface area contributed by atoms with Crippen LogP contribution in [0.3, 0.4) is 0 Å². The second-order valence-electron chi connectivity index (χ2n) is 9.74. The van der Waals surface area contributed by atoms with Crippen LogP contribution in [0.25, 0.3) is 43.8 Å². The van der Waals surface area contributed by atoms with E-state index in [1.54, 1.807) is 0 Å². The smallest absolute Gasteiger partial charge is 0.00263 e. The van der Waals surface area contributed by atoms with Crippen LogP contribution in [0.2, 0.25) is 0 Å². The molecule has 0 aliphatic heterocycles. The largest absolute Gasteiger partial charge is 0.0645 e. The lowest BCUT2D eigenvalue weighted by atomic mass is 9.76. The van der Waals surface area contributed by atoms with Crippen LogP contribution in [0.15, 0.2) is 97.1 Å². The zero-order valence-electron chi connectivity index (χ0n) is 20.9. The van der Waals surface area contributed by atoms with Crippen molar-refractivity contribution in [2.24, 2.45) is 0 Å². The fraction of sp³-hybridized carbons (Fsp3) is 0.235. The van der Waals surface area contributed by atoms with Gasteiger partial charge in [0.1, 0.15) is 0 Å². The Morgan fingerprint density at radius 1 is 0.529 bits per heavy atom. The molecule has 0 fully saturated rings. The van der Waals surface area contributed by atoms with Crippen molar-refractivity contribution in [2.75, 3.05) is 0 Å². The van der Waals surface area contributed by atoms with E-state index >= 15 is 0 Å². The van der Waals surface area contributed by atoms with Crippen LogP contribution in [0.5, 0.6) is 0 Å². The van der Waals surface area contributed by atoms with Gasteiger partial charge in [0.15, 0.2) is 0 Å². The maximum atomic E-state index is 2.44. The minimum atomic E-state index is 0.197. The van der Waals surface area contributed by atoms with Gasteiger partial charge >= 0.3 is 0 Å². The van der Waals surface area contributed by atoms with E-state index in [1.807, 2.05) is 0 Å². The standard InChI is InChI=1S/C34H34/c1-5-24-14-12-15-25(22-24)32-28-18-8-10-20-30(28)33(31-21-11-9-19-29(31)32)26-16-13-17-27(23-26)34(4,6-2)7-3/h8-23H,5-7H2,1-4H3. The first kappa shape index (κ1) is 22.4. The summed E-state index contributed by atoms with van der Waals surface area (Å²) >= 11 is 0. The molecule has 5 aromatic rings. The lowest BCUT2D eigenvalue weighted by Gasteiger charge is -2.28. The van der Waals surface area contributed by atoms with E-state index in [9.17, 15) is 0 Å². The van der Waals surface area contributed by atoms with Crippen LogP contribution in [0.1, 0.15) is 51.7 Å². The summed E-state index contributed by atoms with van der Waals surface area (Å²) in [5, 5.41) is 5.29. The topological polar surface area (TPSA) is 0 Å². The SMILES string of the molecule is CCc1cccc(-c2c3ccccc3c(-c3cccc(C(C)(CC)CC)c3)c3ccccc23)c1. The van der Waals surface area contributed by atoms with E-state index in [0.717, 1.165) is 19.3 Å². The Labute approximate surface area is 204 Å². The van der Waals surface area contributed by atoms with E-state index in [4.69, 9.17) is 0 Å². The number of rotatable bonds is 6. The fourth-order valence-corrected chi connectivity index (χ4v) is 5.41. The van der Waals surface area contributed by atoms with Crippen molar-refractivity contribution in [3.05, 3.63) is 108 Å². The number of fused-ring (bicyclic) bond motifs is 2. The lowest BCUT2D eigenvalue weighted by Crippen LogP contribution is -2.19. The molecule has 0 bridgehead atoms. The van der Waals surface area contributed by atoms with E-state index in [0.29, 0.717) is 0 Å². The summed E-state index contributed by atoms with van der Waals surface area (Å²) < 4.78 is 0. The van der Waals surface area contributed by atoms with E-state index in [-0.39, 0.29) is 5.41 Å². The molecule has 0 N–H and O–H groups in total. The molecular formula is C34H34. The molecule has 0 aliphatic rings. The van der Waals surface area contributed by atoms with E-state index < -0.39 is 0 Å². The van der Waals surface area contributed by atoms with Crippen molar-refractivity contribution in [1.29, 1.82) is 0 Å². The zero-order valence-corrected chi connectivity index (χ0v) is 20.9. The second kappa shape index (κ2) is 9.11. The van der Waals surface area contributed by atoms with Crippen LogP contribution < -0.4 is 0 Å². The Morgan fingerprint density at radius 3 is 1.47 bits per heavy atom. The van der Waals surface area contributed by atoms with Gasteiger partial charge in [-0.25, -0.2) is 0 Å². The van der Waals surface area contributed by atoms with Gasteiger partial charge in [-0.1, -0.05) is 125 Å². The van der Waals surface area contributed by atoms with Gasteiger partial charge in [-0.2, -0.15) is 0 Å². The first-order valence-electron chi connectivity index (χ1n) is 12.7. The molecule has 170 valence electrons. The molecule has 34 heavy (non-hydrogen) atoms. The molecule has 0 radical (unpaired) electrons. The molecule has 0 amide bonds. The van der Waals surface area contributed by atoms with Gasteiger partial charge in [-0.15, -0.1) is 0 Å². The average molecular weight is 443 g/mol. The molecule has 0 nitrogen and oxygen atoms in total. The van der Waals surface area contributed by atoms with Gasteiger partial charge in [0.25, 0.3) is 0 Å². The maximum absolute atomic E-state index is 2.44. The highest BCUT2D eigenvalue weighted by atomic mass is 14.3. The molecule has 0 atom stereocenters. The van der Waals surface area contributed by atoms with Crippen LogP contribution in [-0.4, -0.2) is 0 Å². The minimum absolute atomic E-state index is 0.197. The Morgan fingerprint density at radius 2 is 1.00 bits per heavy atom. The summed E-state index contributed by atoms with van der Waals surface area (Å²) in [5.41, 5.74) is 8.31. The van der Waals surface area contributed by atoms with Crippen molar-refractivity contribution < 1.29 is 0 Å². The van der Waals surface area contributed by atoms with Crippen molar-refractivity contribution in [2.45, 2.75) is 52.4 Å². The van der Waals surface area contributed by atoms with Gasteiger partial charge in [0, 0.05) is 0 Å². The van der Waals surface area contributed by atoms with Crippen molar-refractivity contribution in [3.8, 4) is 22.3 Å². The highest BCUT2D eigenvalue weighted by Crippen LogP contribution is 2.44. The molecule has 0 heteroatoms. The van der Waals surface area contributed by atoms with Gasteiger partial charge in [0.2, 0.25) is 0 Å². The zero-order chi connectivity index (χ0) is 23.7. The maximum Gasteiger partial charge on any atom is -0.00263 e. The third-order valence-corrected chi connectivity index (χ3v) is 7.96. The molecule has 0 saturated carbocycles. The molecule has 0 saturated heterocycles. The molecular weight excluding hydrogens is 408 g/mol. The summed E-state index contributed by atoms with van der Waals surface area (Å²) in [5.74, 6) is 0. The molecule has 5 aromatic carbocycles. The Bertz CT molecular complexity index is 1410. The Balaban J connectivity index is 1.87. The summed E-state index contributed by atoms with van der Waals surface area (Å²) in [4.78, 5) is 0. The van der Waals surface area contributed by atoms with Crippen molar-refractivity contribution in [3.63, 3.8) is 0 Å². The quantitative estimate of drug-likeness (QED) is 0.229. The predicted molar refractivity (Wildman–Crippen MR) is 150 cm³/mol. The summed E-state index contributed by atoms with van der Waals surface area (Å²) in [6.07, 6.45) is 3.32. The van der Waals surface area contributed by atoms with Crippen LogP contribution in [-0.2, 0) is 11.8 Å². The number of hydrogen-bond acceptors (Lipinski definition) is 0. The van der Waals surface area contributed by atoms with Crippen LogP contribution in [0.4, 0.5) is 0 Å². The highest BCUT2D eigenvalue weighted by molar-refractivity contribution is 6.21. The summed E-state index contributed by atoms with van der Waals surface area (Å²) in [7, 11) is 0. The lowest BCUT2D eigenvalue weighted by molar-refractivity contribution is 0.439. The molecule has 0 unspecified atom stereocenters. The summed E-state index contributed by atoms with van der Waals surface area (Å²) in [6, 6.07) is 36.3. The van der Waals surface area contributed by atoms with Gasteiger partial charge in [-0.05, 0) is 79.6 Å². The first-order chi connectivity index (χ1) is 16.6. The average Bonchev–Trinajstić information content (AvgIpc) is 2.91. The summed E-state index contributed by atoms with van der Waals surface area (Å²) in [6.45, 7) is 9.23. The normalized spacial score (nSPS) is 11.9. The minimum Gasteiger partial charge on any atom is -0.0645 e. The molecule has 5 rings (SSSR count). The van der Waals surface area contributed by atoms with Crippen molar-refractivity contribution >= 4 is 21.5 Å². The van der Waals surface area contributed by atoms with Crippen LogP contribution >= 0.6 is 0 Å². The van der Waals surface area contributed by atoms with E-state index in [2.05, 4.69) is 125 Å². The van der Waals surface area contributed by atoms with E-state index in [1.165, 1.54) is 54.9 Å².